The van der Waals surface area contributed by atoms with Gasteiger partial charge < -0.3 is 0 Å². The predicted molar refractivity (Wildman–Crippen MR) is 72.9 cm³/mol. The molecule has 96 valence electrons. The second-order valence-electron chi connectivity index (χ2n) is 3.98. The van der Waals surface area contributed by atoms with Crippen molar-refractivity contribution in [1.82, 2.24) is 9.36 Å². The fraction of sp³-hybridized carbons (Fsp3) is 0.286. The van der Waals surface area contributed by atoms with Crippen LogP contribution in [-0.4, -0.2) is 15.6 Å². The van der Waals surface area contributed by atoms with Crippen molar-refractivity contribution in [3.05, 3.63) is 58.1 Å². The Hall–Kier alpha value is -2.10. The fourth-order valence-corrected chi connectivity index (χ4v) is 1.80. The third-order valence-electron chi connectivity index (χ3n) is 2.87. The van der Waals surface area contributed by atoms with E-state index in [0.29, 0.717) is 18.5 Å². The molecule has 0 bridgehead atoms. The average molecular weight is 246 g/mol. The zero-order valence-electron chi connectivity index (χ0n) is 11.0. The Balaban J connectivity index is 3.27. The first-order valence-electron chi connectivity index (χ1n) is 5.72. The molecule has 0 fully saturated rings. The van der Waals surface area contributed by atoms with Crippen molar-refractivity contribution in [2.45, 2.75) is 20.4 Å². The highest BCUT2D eigenvalue weighted by Crippen LogP contribution is 2.05. The molecule has 0 spiro atoms. The van der Waals surface area contributed by atoms with Gasteiger partial charge in [0.05, 0.1) is 6.54 Å². The maximum absolute atomic E-state index is 12.0. The van der Waals surface area contributed by atoms with E-state index in [9.17, 15) is 9.59 Å². The molecule has 0 aliphatic heterocycles. The molecule has 0 N–H and O–H groups in total. The number of aromatic nitrogens is 2. The molecule has 0 amide bonds. The van der Waals surface area contributed by atoms with Crippen LogP contribution < -0.4 is 5.56 Å². The molecule has 0 saturated carbocycles. The fourth-order valence-electron chi connectivity index (χ4n) is 1.80. The number of hydrogen-bond donors (Lipinski definition) is 0. The minimum Gasteiger partial charge on any atom is -0.298 e. The van der Waals surface area contributed by atoms with Crippen molar-refractivity contribution in [1.29, 1.82) is 0 Å². The van der Waals surface area contributed by atoms with E-state index in [4.69, 9.17) is 0 Å². The number of rotatable bonds is 5. The number of nitrogens with zero attached hydrogens (tertiary/aromatic N) is 2. The lowest BCUT2D eigenvalue weighted by Gasteiger charge is -2.08. The van der Waals surface area contributed by atoms with Gasteiger partial charge in [-0.15, -0.1) is 0 Å². The van der Waals surface area contributed by atoms with Crippen LogP contribution in [-0.2, 0) is 13.6 Å². The van der Waals surface area contributed by atoms with Crippen molar-refractivity contribution in [3.63, 3.8) is 0 Å². The van der Waals surface area contributed by atoms with E-state index < -0.39 is 0 Å². The molecule has 0 aliphatic carbocycles. The van der Waals surface area contributed by atoms with Crippen molar-refractivity contribution >= 4 is 6.29 Å². The minimum atomic E-state index is -0.260. The molecule has 0 aromatic carbocycles. The Morgan fingerprint density at radius 3 is 2.56 bits per heavy atom. The molecular weight excluding hydrogens is 228 g/mol. The molecule has 1 aromatic heterocycles. The van der Waals surface area contributed by atoms with E-state index in [1.165, 1.54) is 4.68 Å². The van der Waals surface area contributed by atoms with Gasteiger partial charge in [-0.25, -0.2) is 4.68 Å². The topological polar surface area (TPSA) is 44.0 Å². The summed E-state index contributed by atoms with van der Waals surface area (Å²) < 4.78 is 3.24. The van der Waals surface area contributed by atoms with E-state index >= 15 is 0 Å². The van der Waals surface area contributed by atoms with Crippen LogP contribution in [0.4, 0.5) is 0 Å². The first-order valence-corrected chi connectivity index (χ1v) is 5.72. The van der Waals surface area contributed by atoms with Crippen LogP contribution in [0.1, 0.15) is 23.0 Å². The van der Waals surface area contributed by atoms with Gasteiger partial charge in [0.1, 0.15) is 5.56 Å². The normalized spacial score (nSPS) is 12.1. The molecule has 1 aromatic rings. The van der Waals surface area contributed by atoms with Gasteiger partial charge in [0.15, 0.2) is 6.29 Å². The lowest BCUT2D eigenvalue weighted by atomic mass is 10.2. The van der Waals surface area contributed by atoms with Gasteiger partial charge in [-0.3, -0.25) is 14.3 Å². The van der Waals surface area contributed by atoms with Gasteiger partial charge in [0.25, 0.3) is 5.56 Å². The molecule has 4 nitrogen and oxygen atoms in total. The quantitative estimate of drug-likeness (QED) is 0.589. The van der Waals surface area contributed by atoms with Gasteiger partial charge in [0, 0.05) is 12.7 Å². The number of aldehydes is 1. The summed E-state index contributed by atoms with van der Waals surface area (Å²) in [5.74, 6) is 0. The van der Waals surface area contributed by atoms with Gasteiger partial charge in [0.2, 0.25) is 0 Å². The monoisotopic (exact) mass is 246 g/mol. The van der Waals surface area contributed by atoms with Gasteiger partial charge >= 0.3 is 0 Å². The molecular formula is C14H18N2O2. The molecule has 0 radical (unpaired) electrons. The highest BCUT2D eigenvalue weighted by molar-refractivity contribution is 5.75. The third kappa shape index (κ3) is 2.59. The lowest BCUT2D eigenvalue weighted by Crippen LogP contribution is -2.23. The van der Waals surface area contributed by atoms with Gasteiger partial charge in [-0.05, 0) is 19.4 Å². The first-order chi connectivity index (χ1) is 8.56. The van der Waals surface area contributed by atoms with E-state index in [1.807, 2.05) is 25.2 Å². The van der Waals surface area contributed by atoms with Crippen LogP contribution in [0.5, 0.6) is 0 Å². The molecule has 4 heteroatoms. The van der Waals surface area contributed by atoms with E-state index in [2.05, 4.69) is 6.58 Å². The number of allylic oxidation sites excluding steroid dienone is 5. The Kier molecular flexibility index (Phi) is 4.66. The maximum atomic E-state index is 12.0. The zero-order chi connectivity index (χ0) is 13.7. The van der Waals surface area contributed by atoms with Crippen molar-refractivity contribution in [2.75, 3.05) is 0 Å². The number of hydrogen-bond acceptors (Lipinski definition) is 2. The predicted octanol–water partition coefficient (Wildman–Crippen LogP) is 2.00. The molecule has 1 heterocycles. The summed E-state index contributed by atoms with van der Waals surface area (Å²) in [6.45, 7) is 7.73. The van der Waals surface area contributed by atoms with E-state index in [-0.39, 0.29) is 11.1 Å². The Bertz CT molecular complexity index is 571. The second-order valence-corrected chi connectivity index (χ2v) is 3.98. The molecule has 0 aliphatic rings. The highest BCUT2D eigenvalue weighted by atomic mass is 16.1. The Labute approximate surface area is 107 Å². The van der Waals surface area contributed by atoms with E-state index in [1.54, 1.807) is 24.7 Å². The smallest absolute Gasteiger partial charge is 0.277 e. The summed E-state index contributed by atoms with van der Waals surface area (Å²) in [6.07, 6.45) is 7.95. The summed E-state index contributed by atoms with van der Waals surface area (Å²) in [5, 5.41) is 0. The van der Waals surface area contributed by atoms with Crippen molar-refractivity contribution < 1.29 is 4.79 Å². The minimum absolute atomic E-state index is 0.218. The molecule has 0 saturated heterocycles. The molecule has 0 atom stereocenters. The van der Waals surface area contributed by atoms with Crippen molar-refractivity contribution in [3.8, 4) is 0 Å². The third-order valence-corrected chi connectivity index (χ3v) is 2.87. The van der Waals surface area contributed by atoms with Crippen LogP contribution in [0.15, 0.2) is 41.3 Å². The van der Waals surface area contributed by atoms with Gasteiger partial charge in [-0.2, -0.15) is 0 Å². The van der Waals surface area contributed by atoms with Crippen LogP contribution in [0.3, 0.4) is 0 Å². The van der Waals surface area contributed by atoms with Crippen LogP contribution in [0.2, 0.25) is 0 Å². The molecule has 0 unspecified atom stereocenters. The largest absolute Gasteiger partial charge is 0.298 e. The van der Waals surface area contributed by atoms with Crippen LogP contribution in [0.25, 0.3) is 0 Å². The van der Waals surface area contributed by atoms with Gasteiger partial charge in [-0.1, -0.05) is 30.9 Å². The summed E-state index contributed by atoms with van der Waals surface area (Å²) in [6, 6.07) is 0. The van der Waals surface area contributed by atoms with Crippen molar-refractivity contribution in [2.24, 2.45) is 7.05 Å². The number of carbonyl (C=O) groups excluding carboxylic acids is 1. The lowest BCUT2D eigenvalue weighted by molar-refractivity contribution is 0.112. The van der Waals surface area contributed by atoms with Crippen LogP contribution >= 0.6 is 0 Å². The first kappa shape index (κ1) is 14.0. The standard InChI is InChI=1S/C14H18N2O2/c1-5-7-12(8-6-2)9-16-14(18)13(10-17)11(3)15(16)4/h5-8,10H,1,9H2,2-4H3/b8-6-,12-7+. The van der Waals surface area contributed by atoms with E-state index in [0.717, 1.165) is 5.57 Å². The number of carbonyl (C=O) groups is 1. The summed E-state index contributed by atoms with van der Waals surface area (Å²) in [7, 11) is 1.77. The summed E-state index contributed by atoms with van der Waals surface area (Å²) in [5.41, 5.74) is 1.58. The summed E-state index contributed by atoms with van der Waals surface area (Å²) in [4.78, 5) is 22.9. The second kappa shape index (κ2) is 6.00. The molecule has 1 rings (SSSR count). The SMILES string of the molecule is C=C/C=C(\C=C/C)Cn1c(=O)c(C=O)c(C)n1C. The molecule has 18 heavy (non-hydrogen) atoms. The Morgan fingerprint density at radius 1 is 1.44 bits per heavy atom. The average Bonchev–Trinajstić information content (AvgIpc) is 2.54. The van der Waals surface area contributed by atoms with Crippen LogP contribution in [0, 0.1) is 6.92 Å². The zero-order valence-corrected chi connectivity index (χ0v) is 11.0. The summed E-state index contributed by atoms with van der Waals surface area (Å²) >= 11 is 0. The highest BCUT2D eigenvalue weighted by Gasteiger charge is 2.13. The maximum Gasteiger partial charge on any atom is 0.277 e. The Morgan fingerprint density at radius 2 is 2.11 bits per heavy atom.